The molecule has 1 atom stereocenters. The molecule has 1 aliphatic heterocycles. The zero-order valence-electron chi connectivity index (χ0n) is 11.2. The maximum atomic E-state index is 3.51. The van der Waals surface area contributed by atoms with Crippen molar-refractivity contribution < 1.29 is 0 Å². The van der Waals surface area contributed by atoms with Crippen LogP contribution in [0, 0.1) is 0 Å². The maximum absolute atomic E-state index is 3.51. The lowest BCUT2D eigenvalue weighted by molar-refractivity contribution is 0.123. The molecule has 0 radical (unpaired) electrons. The highest BCUT2D eigenvalue weighted by Crippen LogP contribution is 2.16. The van der Waals surface area contributed by atoms with E-state index in [9.17, 15) is 0 Å². The lowest BCUT2D eigenvalue weighted by Crippen LogP contribution is -2.49. The number of piperazine rings is 1. The Hall–Kier alpha value is -0.580. The van der Waals surface area contributed by atoms with Crippen LogP contribution >= 0.6 is 15.9 Å². The van der Waals surface area contributed by atoms with Gasteiger partial charge in [0.2, 0.25) is 0 Å². The van der Waals surface area contributed by atoms with Gasteiger partial charge in [-0.1, -0.05) is 22.0 Å². The van der Waals surface area contributed by atoms with Crippen LogP contribution in [-0.2, 0) is 0 Å². The molecule has 18 heavy (non-hydrogen) atoms. The fraction of sp³-hybridized carbons (Fsp3) is 0.571. The Morgan fingerprint density at radius 1 is 1.28 bits per heavy atom. The van der Waals surface area contributed by atoms with E-state index < -0.39 is 0 Å². The summed E-state index contributed by atoms with van der Waals surface area (Å²) in [6.45, 7) is 8.02. The van der Waals surface area contributed by atoms with Gasteiger partial charge in [-0.05, 0) is 32.2 Å². The number of anilines is 1. The van der Waals surface area contributed by atoms with Gasteiger partial charge in [-0.25, -0.2) is 0 Å². The van der Waals surface area contributed by atoms with Gasteiger partial charge >= 0.3 is 0 Å². The summed E-state index contributed by atoms with van der Waals surface area (Å²) in [5.41, 5.74) is 1.19. The largest absolute Gasteiger partial charge is 0.383 e. The molecule has 1 unspecified atom stereocenters. The van der Waals surface area contributed by atoms with E-state index in [-0.39, 0.29) is 0 Å². The molecule has 1 aromatic rings. The number of rotatable bonds is 4. The minimum Gasteiger partial charge on any atom is -0.383 e. The molecule has 1 aromatic carbocycles. The highest BCUT2D eigenvalue weighted by molar-refractivity contribution is 9.10. The summed E-state index contributed by atoms with van der Waals surface area (Å²) in [6, 6.07) is 8.93. The summed E-state index contributed by atoms with van der Waals surface area (Å²) in [6.07, 6.45) is 0. The Balaban J connectivity index is 1.79. The van der Waals surface area contributed by atoms with E-state index in [0.717, 1.165) is 11.0 Å². The highest BCUT2D eigenvalue weighted by Gasteiger charge is 2.18. The molecule has 100 valence electrons. The smallest absolute Gasteiger partial charge is 0.0352 e. The van der Waals surface area contributed by atoms with E-state index in [1.165, 1.54) is 31.9 Å². The molecule has 1 heterocycles. The van der Waals surface area contributed by atoms with Crippen LogP contribution in [0.15, 0.2) is 28.7 Å². The summed E-state index contributed by atoms with van der Waals surface area (Å²) >= 11 is 3.50. The molecule has 0 saturated carbocycles. The Bertz CT molecular complexity index is 375. The van der Waals surface area contributed by atoms with E-state index in [2.05, 4.69) is 69.3 Å². The molecule has 4 heteroatoms. The van der Waals surface area contributed by atoms with Crippen LogP contribution in [0.3, 0.4) is 0 Å². The molecule has 1 saturated heterocycles. The summed E-state index contributed by atoms with van der Waals surface area (Å²) < 4.78 is 1.12. The third-order valence-electron chi connectivity index (χ3n) is 3.59. The summed E-state index contributed by atoms with van der Waals surface area (Å²) in [5.74, 6) is 0. The number of benzene rings is 1. The van der Waals surface area contributed by atoms with Gasteiger partial charge in [-0.2, -0.15) is 0 Å². The van der Waals surface area contributed by atoms with Crippen molar-refractivity contribution in [3.63, 3.8) is 0 Å². The molecule has 0 spiro atoms. The first kappa shape index (κ1) is 13.8. The average molecular weight is 312 g/mol. The highest BCUT2D eigenvalue weighted by atomic mass is 79.9. The minimum atomic E-state index is 0.581. The van der Waals surface area contributed by atoms with Gasteiger partial charge in [0.15, 0.2) is 0 Å². The van der Waals surface area contributed by atoms with Crippen molar-refractivity contribution in [2.75, 3.05) is 45.1 Å². The van der Waals surface area contributed by atoms with E-state index in [4.69, 9.17) is 0 Å². The lowest BCUT2D eigenvalue weighted by atomic mass is 10.2. The third-order valence-corrected chi connectivity index (χ3v) is 4.08. The Kier molecular flexibility index (Phi) is 5.03. The van der Waals surface area contributed by atoms with E-state index in [0.29, 0.717) is 6.04 Å². The number of nitrogens with zero attached hydrogens (tertiary/aromatic N) is 2. The molecule has 0 bridgehead atoms. The van der Waals surface area contributed by atoms with Gasteiger partial charge in [0.1, 0.15) is 0 Å². The van der Waals surface area contributed by atoms with Gasteiger partial charge in [-0.3, -0.25) is 4.90 Å². The Morgan fingerprint density at radius 2 is 2.00 bits per heavy atom. The molecule has 1 fully saturated rings. The van der Waals surface area contributed by atoms with Crippen LogP contribution in [0.25, 0.3) is 0 Å². The van der Waals surface area contributed by atoms with E-state index >= 15 is 0 Å². The molecule has 3 nitrogen and oxygen atoms in total. The molecule has 1 N–H and O–H groups in total. The monoisotopic (exact) mass is 311 g/mol. The number of hydrogen-bond acceptors (Lipinski definition) is 3. The van der Waals surface area contributed by atoms with Crippen molar-refractivity contribution in [3.8, 4) is 0 Å². The molecule has 1 aliphatic rings. The molecular weight excluding hydrogens is 290 g/mol. The van der Waals surface area contributed by atoms with Gasteiger partial charge in [0.25, 0.3) is 0 Å². The molecule has 0 aromatic heterocycles. The second kappa shape index (κ2) is 6.55. The van der Waals surface area contributed by atoms with Crippen LogP contribution in [0.4, 0.5) is 5.69 Å². The molecule has 0 aliphatic carbocycles. The predicted molar refractivity (Wildman–Crippen MR) is 81.2 cm³/mol. The first-order valence-electron chi connectivity index (χ1n) is 6.57. The average Bonchev–Trinajstić information content (AvgIpc) is 2.37. The lowest BCUT2D eigenvalue weighted by Gasteiger charge is -2.36. The SMILES string of the molecule is CC(CNc1cccc(Br)c1)N1CCN(C)CC1. The molecule has 2 rings (SSSR count). The van der Waals surface area contributed by atoms with Gasteiger partial charge in [-0.15, -0.1) is 0 Å². The Labute approximate surface area is 118 Å². The number of hydrogen-bond donors (Lipinski definition) is 1. The second-order valence-corrected chi connectivity index (χ2v) is 6.00. The van der Waals surface area contributed by atoms with Crippen molar-refractivity contribution in [2.45, 2.75) is 13.0 Å². The van der Waals surface area contributed by atoms with Gasteiger partial charge < -0.3 is 10.2 Å². The summed E-state index contributed by atoms with van der Waals surface area (Å²) in [5, 5.41) is 3.51. The van der Waals surface area contributed by atoms with Crippen LogP contribution < -0.4 is 5.32 Å². The van der Waals surface area contributed by atoms with Crippen molar-refractivity contribution in [3.05, 3.63) is 28.7 Å². The van der Waals surface area contributed by atoms with Crippen molar-refractivity contribution >= 4 is 21.6 Å². The maximum Gasteiger partial charge on any atom is 0.0352 e. The zero-order valence-corrected chi connectivity index (χ0v) is 12.8. The van der Waals surface area contributed by atoms with Gasteiger partial charge in [0, 0.05) is 48.9 Å². The fourth-order valence-electron chi connectivity index (χ4n) is 2.26. The zero-order chi connectivity index (χ0) is 13.0. The molecule has 0 amide bonds. The van der Waals surface area contributed by atoms with Crippen LogP contribution in [-0.4, -0.2) is 55.6 Å². The van der Waals surface area contributed by atoms with E-state index in [1.807, 2.05) is 0 Å². The third kappa shape index (κ3) is 3.97. The standard InChI is InChI=1S/C14H22BrN3/c1-12(18-8-6-17(2)7-9-18)11-16-14-5-3-4-13(15)10-14/h3-5,10,12,16H,6-9,11H2,1-2H3. The first-order valence-corrected chi connectivity index (χ1v) is 7.36. The predicted octanol–water partition coefficient (Wildman–Crippen LogP) is 2.50. The van der Waals surface area contributed by atoms with Crippen LogP contribution in [0.2, 0.25) is 0 Å². The summed E-state index contributed by atoms with van der Waals surface area (Å²) in [7, 11) is 2.20. The Morgan fingerprint density at radius 3 is 2.67 bits per heavy atom. The van der Waals surface area contributed by atoms with Crippen LogP contribution in [0.1, 0.15) is 6.92 Å². The number of nitrogens with one attached hydrogen (secondary N) is 1. The fourth-order valence-corrected chi connectivity index (χ4v) is 2.66. The number of halogens is 1. The normalized spacial score (nSPS) is 19.7. The van der Waals surface area contributed by atoms with E-state index in [1.54, 1.807) is 0 Å². The van der Waals surface area contributed by atoms with Crippen molar-refractivity contribution in [1.82, 2.24) is 9.80 Å². The first-order chi connectivity index (χ1) is 8.65. The van der Waals surface area contributed by atoms with Crippen molar-refractivity contribution in [1.29, 1.82) is 0 Å². The summed E-state index contributed by atoms with van der Waals surface area (Å²) in [4.78, 5) is 4.95. The second-order valence-electron chi connectivity index (χ2n) is 5.08. The van der Waals surface area contributed by atoms with Crippen LogP contribution in [0.5, 0.6) is 0 Å². The number of likely N-dealkylation sites (N-methyl/N-ethyl adjacent to an activating group) is 1. The van der Waals surface area contributed by atoms with Crippen molar-refractivity contribution in [2.24, 2.45) is 0 Å². The minimum absolute atomic E-state index is 0.581. The topological polar surface area (TPSA) is 18.5 Å². The molecular formula is C14H22BrN3. The quantitative estimate of drug-likeness (QED) is 0.921. The van der Waals surface area contributed by atoms with Gasteiger partial charge in [0.05, 0.1) is 0 Å².